The topological polar surface area (TPSA) is 216 Å². The molecule has 18 heteroatoms. The highest BCUT2D eigenvalue weighted by Gasteiger charge is 2.52. The smallest absolute Gasteiger partial charge is 0.316 e. The normalized spacial score (nSPS) is 34.4. The maximum Gasteiger partial charge on any atom is 0.316 e. The van der Waals surface area contributed by atoms with Gasteiger partial charge in [0.1, 0.15) is 42.2 Å². The third-order valence-corrected chi connectivity index (χ3v) is 13.7. The SMILES string of the molecule is CC[C@H]1OC(=O)[C@H](C)C(=O)[C@H](C)[C@@H](O[C@@H]2O[C@H](C)C[C@H](NCCC3=CN([C@H](CF)[C@H](OC)c4ccc(-c5cccnc5)cc4)NN3)[C@H]2OC(C)=O)[C@](C)(OC)C[C@@H](C)C(=O)[C@H](C)[C@@H](O)[C@]1(C)O. The number of esters is 2. The Labute approximate surface area is 393 Å². The third-order valence-electron chi connectivity index (χ3n) is 13.7. The Morgan fingerprint density at radius 1 is 1.04 bits per heavy atom. The van der Waals surface area contributed by atoms with Crippen LogP contribution in [0.25, 0.3) is 11.1 Å². The first-order valence-electron chi connectivity index (χ1n) is 23.3. The van der Waals surface area contributed by atoms with Gasteiger partial charge in [0.25, 0.3) is 0 Å². The summed E-state index contributed by atoms with van der Waals surface area (Å²) < 4.78 is 51.5. The number of carbonyl (C=O) groups is 4. The number of hydrazine groups is 2. The molecule has 15 atom stereocenters. The first-order valence-corrected chi connectivity index (χ1v) is 23.3. The van der Waals surface area contributed by atoms with Crippen LogP contribution in [0.1, 0.15) is 99.7 Å². The van der Waals surface area contributed by atoms with Crippen molar-refractivity contribution in [3.8, 4) is 11.1 Å². The minimum atomic E-state index is -2.01. The van der Waals surface area contributed by atoms with Gasteiger partial charge in [-0.05, 0) is 69.7 Å². The van der Waals surface area contributed by atoms with E-state index >= 15 is 0 Å². The molecule has 0 bridgehead atoms. The van der Waals surface area contributed by atoms with Crippen molar-refractivity contribution in [3.05, 3.63) is 66.3 Å². The minimum Gasteiger partial charge on any atom is -0.459 e. The van der Waals surface area contributed by atoms with Crippen LogP contribution in [0.2, 0.25) is 0 Å². The zero-order valence-electron chi connectivity index (χ0n) is 40.7. The number of rotatable bonds is 15. The number of benzene rings is 1. The third kappa shape index (κ3) is 12.4. The number of hydrogen-bond acceptors (Lipinski definition) is 17. The Morgan fingerprint density at radius 3 is 2.34 bits per heavy atom. The molecule has 0 spiro atoms. The zero-order chi connectivity index (χ0) is 49.4. The van der Waals surface area contributed by atoms with Crippen molar-refractivity contribution >= 4 is 23.5 Å². The molecule has 2 aromatic rings. The van der Waals surface area contributed by atoms with E-state index in [1.807, 2.05) is 43.3 Å². The Morgan fingerprint density at radius 2 is 1.75 bits per heavy atom. The number of carbonyl (C=O) groups excluding carboxylic acids is 4. The monoisotopic (exact) mass is 942 g/mol. The summed E-state index contributed by atoms with van der Waals surface area (Å²) >= 11 is 0. The van der Waals surface area contributed by atoms with Crippen LogP contribution in [0.5, 0.6) is 0 Å². The second-order valence-corrected chi connectivity index (χ2v) is 18.8. The van der Waals surface area contributed by atoms with Crippen LogP contribution in [0.4, 0.5) is 4.39 Å². The van der Waals surface area contributed by atoms with Gasteiger partial charge in [0.05, 0.1) is 30.0 Å². The van der Waals surface area contributed by atoms with E-state index in [0.29, 0.717) is 19.4 Å². The predicted molar refractivity (Wildman–Crippen MR) is 245 cm³/mol. The molecule has 5 N–H and O–H groups in total. The number of ether oxygens (including phenoxy) is 6. The first-order chi connectivity index (χ1) is 31.7. The Bertz CT molecular complexity index is 2010. The molecule has 2 fully saturated rings. The van der Waals surface area contributed by atoms with Gasteiger partial charge in [0.15, 0.2) is 18.2 Å². The summed E-state index contributed by atoms with van der Waals surface area (Å²) in [5.41, 5.74) is 6.26. The predicted octanol–water partition coefficient (Wildman–Crippen LogP) is 4.67. The average Bonchev–Trinajstić information content (AvgIpc) is 3.78. The summed E-state index contributed by atoms with van der Waals surface area (Å²) in [6.45, 7) is 13.6. The first kappa shape index (κ1) is 53.6. The largest absolute Gasteiger partial charge is 0.459 e. The number of Topliss-reactive ketones (excluding diaryl/α,β-unsaturated/α-hetero) is 2. The van der Waals surface area contributed by atoms with E-state index < -0.39 is 114 Å². The van der Waals surface area contributed by atoms with Gasteiger partial charge in [-0.25, -0.2) is 4.39 Å². The number of ketones is 2. The van der Waals surface area contributed by atoms with Gasteiger partial charge in [-0.2, -0.15) is 0 Å². The molecule has 5 rings (SSSR count). The van der Waals surface area contributed by atoms with Crippen molar-refractivity contribution in [2.24, 2.45) is 23.7 Å². The van der Waals surface area contributed by atoms with E-state index in [0.717, 1.165) is 22.4 Å². The molecule has 0 aliphatic carbocycles. The van der Waals surface area contributed by atoms with Crippen molar-refractivity contribution in [1.82, 2.24) is 26.3 Å². The molecule has 372 valence electrons. The molecule has 1 aromatic carbocycles. The van der Waals surface area contributed by atoms with Gasteiger partial charge >= 0.3 is 11.9 Å². The van der Waals surface area contributed by atoms with Gasteiger partial charge in [-0.15, -0.1) is 5.53 Å². The number of nitrogens with zero attached hydrogens (tertiary/aromatic N) is 2. The van der Waals surface area contributed by atoms with Gasteiger partial charge in [-0.1, -0.05) is 58.0 Å². The standard InChI is InChI=1S/C49H72FN5O12/c1-12-39-49(9,61)44(59)29(4)40(57)27(2)23-48(8,63-11)45(30(5)41(58)31(6)46(60)66-39)67-47-43(65-32(7)56)37(22-28(3)64-47)52-21-19-36-26-55(54-53-36)38(24-50)42(62-10)34-17-15-33(16-18-34)35-14-13-20-51-25-35/h13-18,20,25-31,37-39,42-45,47,52-54,59,61H,12,19,21-24H2,1-11H3/t27-,28-,29+,30+,31-,37+,38-,39-,42-,43-,44-,45-,47+,48-,49-/m1/s1. The molecule has 3 aliphatic rings. The van der Waals surface area contributed by atoms with Gasteiger partial charge < -0.3 is 49.4 Å². The molecule has 0 amide bonds. The number of halogens is 1. The molecule has 0 unspecified atom stereocenters. The van der Waals surface area contributed by atoms with Crippen molar-refractivity contribution in [3.63, 3.8) is 0 Å². The molecule has 3 aliphatic heterocycles. The van der Waals surface area contributed by atoms with Crippen LogP contribution in [0, 0.1) is 23.7 Å². The Kier molecular flexibility index (Phi) is 18.6. The molecular formula is C49H72FN5O12. The van der Waals surface area contributed by atoms with Crippen LogP contribution in [-0.4, -0.2) is 131 Å². The van der Waals surface area contributed by atoms with Crippen LogP contribution in [-0.2, 0) is 47.6 Å². The summed E-state index contributed by atoms with van der Waals surface area (Å²) in [5.74, 6) is -6.73. The summed E-state index contributed by atoms with van der Waals surface area (Å²) in [6, 6.07) is 10.3. The van der Waals surface area contributed by atoms with Crippen molar-refractivity contribution in [2.75, 3.05) is 27.4 Å². The van der Waals surface area contributed by atoms with E-state index in [9.17, 15) is 33.8 Å². The molecule has 67 heavy (non-hydrogen) atoms. The summed E-state index contributed by atoms with van der Waals surface area (Å²) in [7, 11) is 2.97. The number of pyridine rings is 1. The van der Waals surface area contributed by atoms with Gasteiger partial charge in [0, 0.05) is 76.2 Å². The average molecular weight is 942 g/mol. The fourth-order valence-electron chi connectivity index (χ4n) is 9.74. The number of aliphatic hydroxyl groups excluding tert-OH is 1. The van der Waals surface area contributed by atoms with Crippen molar-refractivity contribution in [1.29, 1.82) is 0 Å². The fraction of sp³-hybridized carbons (Fsp3) is 0.653. The number of aromatic nitrogens is 1. The maximum absolute atomic E-state index is 14.8. The zero-order valence-corrected chi connectivity index (χ0v) is 40.7. The van der Waals surface area contributed by atoms with E-state index in [2.05, 4.69) is 21.3 Å². The van der Waals surface area contributed by atoms with Crippen LogP contribution >= 0.6 is 0 Å². The molecule has 0 saturated carbocycles. The number of aliphatic hydroxyl groups is 2. The van der Waals surface area contributed by atoms with Crippen LogP contribution in [0.15, 0.2) is 60.7 Å². The summed E-state index contributed by atoms with van der Waals surface area (Å²) in [5, 5.41) is 28.0. The molecular weight excluding hydrogens is 870 g/mol. The number of alkyl halides is 1. The van der Waals surface area contributed by atoms with E-state index in [1.165, 1.54) is 34.8 Å². The lowest BCUT2D eigenvalue weighted by Gasteiger charge is -2.47. The molecule has 2 saturated heterocycles. The molecule has 4 heterocycles. The molecule has 0 radical (unpaired) electrons. The molecule has 17 nitrogen and oxygen atoms in total. The van der Waals surface area contributed by atoms with Crippen molar-refractivity contribution < 1.29 is 62.2 Å². The number of nitrogens with one attached hydrogen (secondary N) is 3. The summed E-state index contributed by atoms with van der Waals surface area (Å²) in [4.78, 5) is 58.8. The lowest BCUT2D eigenvalue weighted by atomic mass is 9.74. The molecule has 1 aromatic heterocycles. The summed E-state index contributed by atoms with van der Waals surface area (Å²) in [6.07, 6.45) is -1.11. The fourth-order valence-corrected chi connectivity index (χ4v) is 9.74. The van der Waals surface area contributed by atoms with Crippen LogP contribution < -0.4 is 16.3 Å². The van der Waals surface area contributed by atoms with Crippen molar-refractivity contribution in [2.45, 2.75) is 154 Å². The maximum atomic E-state index is 14.8. The Hall–Kier alpha value is -4.40. The minimum absolute atomic E-state index is 0.00204. The lowest BCUT2D eigenvalue weighted by Crippen LogP contribution is -2.61. The van der Waals surface area contributed by atoms with Crippen LogP contribution in [0.3, 0.4) is 0 Å². The second-order valence-electron chi connectivity index (χ2n) is 18.8. The number of hydrogen-bond donors (Lipinski definition) is 5. The Balaban J connectivity index is 1.35. The van der Waals surface area contributed by atoms with E-state index in [-0.39, 0.29) is 18.6 Å². The highest BCUT2D eigenvalue weighted by atomic mass is 19.1. The highest BCUT2D eigenvalue weighted by Crippen LogP contribution is 2.39. The lowest BCUT2D eigenvalue weighted by molar-refractivity contribution is -0.293. The van der Waals surface area contributed by atoms with E-state index in [4.69, 9.17) is 28.4 Å². The number of cyclic esters (lactones) is 1. The second kappa shape index (κ2) is 23.3. The van der Waals surface area contributed by atoms with Gasteiger partial charge in [-0.3, -0.25) is 29.2 Å². The van der Waals surface area contributed by atoms with Gasteiger partial charge in [0.2, 0.25) is 0 Å². The van der Waals surface area contributed by atoms with E-state index in [1.54, 1.807) is 58.4 Å². The highest BCUT2D eigenvalue weighted by molar-refractivity contribution is 6.00. The quantitative estimate of drug-likeness (QED) is 0.121. The number of methoxy groups -OCH3 is 2.